The van der Waals surface area contributed by atoms with E-state index >= 15 is 0 Å². The minimum absolute atomic E-state index is 0. The summed E-state index contributed by atoms with van der Waals surface area (Å²) in [6.07, 6.45) is 3.92. The Morgan fingerprint density at radius 1 is 1.22 bits per heavy atom. The van der Waals surface area contributed by atoms with Gasteiger partial charge in [0.2, 0.25) is 0 Å². The quantitative estimate of drug-likeness (QED) is 0.349. The highest BCUT2D eigenvalue weighted by atomic mass is 127. The highest BCUT2D eigenvalue weighted by Gasteiger charge is 2.02. The molecule has 0 amide bonds. The standard InChI is InChI=1S/C15H21ClN4S2.HI/c1-3-11-9-19-14(22-11)10-20-15(17-4-2)18-8-7-12-5-6-13(16)21-12;/h5-6,9H,3-4,7-8,10H2,1-2H3,(H2,17,18,20);1H. The molecule has 128 valence electrons. The molecule has 2 rings (SSSR count). The van der Waals surface area contributed by atoms with Gasteiger partial charge in [0.1, 0.15) is 5.01 Å². The van der Waals surface area contributed by atoms with Gasteiger partial charge in [-0.1, -0.05) is 18.5 Å². The zero-order chi connectivity index (χ0) is 15.8. The fourth-order valence-electron chi connectivity index (χ4n) is 1.86. The number of aliphatic imine (C=N–C) groups is 1. The van der Waals surface area contributed by atoms with Crippen molar-refractivity contribution in [2.75, 3.05) is 13.1 Å². The molecule has 2 heterocycles. The van der Waals surface area contributed by atoms with Gasteiger partial charge in [0.05, 0.1) is 10.9 Å². The second-order valence-corrected chi connectivity index (χ2v) is 7.65. The topological polar surface area (TPSA) is 49.3 Å². The van der Waals surface area contributed by atoms with E-state index in [1.807, 2.05) is 12.3 Å². The number of rotatable bonds is 7. The second kappa shape index (κ2) is 11.2. The summed E-state index contributed by atoms with van der Waals surface area (Å²) in [7, 11) is 0. The van der Waals surface area contributed by atoms with Gasteiger partial charge >= 0.3 is 0 Å². The summed E-state index contributed by atoms with van der Waals surface area (Å²) in [5.74, 6) is 0.832. The van der Waals surface area contributed by atoms with E-state index in [4.69, 9.17) is 11.6 Å². The van der Waals surface area contributed by atoms with Crippen LogP contribution in [0.5, 0.6) is 0 Å². The van der Waals surface area contributed by atoms with Crippen LogP contribution in [0.1, 0.15) is 28.6 Å². The molecule has 0 bridgehead atoms. The zero-order valence-electron chi connectivity index (χ0n) is 13.3. The minimum Gasteiger partial charge on any atom is -0.357 e. The molecule has 0 spiro atoms. The van der Waals surface area contributed by atoms with Gasteiger partial charge in [0.15, 0.2) is 5.96 Å². The molecule has 0 aromatic carbocycles. The molecule has 2 N–H and O–H groups in total. The van der Waals surface area contributed by atoms with Crippen molar-refractivity contribution < 1.29 is 0 Å². The highest BCUT2D eigenvalue weighted by Crippen LogP contribution is 2.21. The number of nitrogens with one attached hydrogen (secondary N) is 2. The Kier molecular flexibility index (Phi) is 10.1. The molecule has 0 atom stereocenters. The third-order valence-electron chi connectivity index (χ3n) is 2.96. The normalized spacial score (nSPS) is 11.2. The lowest BCUT2D eigenvalue weighted by molar-refractivity contribution is 0.804. The van der Waals surface area contributed by atoms with Crippen molar-refractivity contribution >= 4 is 64.2 Å². The Labute approximate surface area is 167 Å². The summed E-state index contributed by atoms with van der Waals surface area (Å²) in [6, 6.07) is 4.01. The van der Waals surface area contributed by atoms with Crippen LogP contribution in [-0.4, -0.2) is 24.0 Å². The van der Waals surface area contributed by atoms with Crippen LogP contribution in [0, 0.1) is 0 Å². The second-order valence-electron chi connectivity index (χ2n) is 4.65. The maximum absolute atomic E-state index is 5.94. The fourth-order valence-corrected chi connectivity index (χ4v) is 3.74. The molecule has 0 aliphatic carbocycles. The van der Waals surface area contributed by atoms with Crippen LogP contribution < -0.4 is 10.6 Å². The third kappa shape index (κ3) is 7.36. The molecule has 2 aromatic rings. The molecule has 23 heavy (non-hydrogen) atoms. The van der Waals surface area contributed by atoms with E-state index in [0.717, 1.165) is 41.2 Å². The summed E-state index contributed by atoms with van der Waals surface area (Å²) >= 11 is 9.29. The highest BCUT2D eigenvalue weighted by molar-refractivity contribution is 14.0. The molecule has 0 unspecified atom stereocenters. The van der Waals surface area contributed by atoms with Gasteiger partial charge < -0.3 is 10.6 Å². The molecule has 0 fully saturated rings. The summed E-state index contributed by atoms with van der Waals surface area (Å²) < 4.78 is 0.839. The lowest BCUT2D eigenvalue weighted by Crippen LogP contribution is -2.38. The van der Waals surface area contributed by atoms with Gasteiger partial charge in [-0.25, -0.2) is 9.98 Å². The van der Waals surface area contributed by atoms with Crippen LogP contribution in [0.2, 0.25) is 4.34 Å². The first-order valence-corrected chi connectivity index (χ1v) is 9.42. The zero-order valence-corrected chi connectivity index (χ0v) is 18.0. The van der Waals surface area contributed by atoms with Gasteiger partial charge in [-0.15, -0.1) is 46.7 Å². The summed E-state index contributed by atoms with van der Waals surface area (Å²) in [4.78, 5) is 11.6. The predicted octanol–water partition coefficient (Wildman–Crippen LogP) is 4.34. The van der Waals surface area contributed by atoms with Gasteiger partial charge in [0.25, 0.3) is 0 Å². The summed E-state index contributed by atoms with van der Waals surface area (Å²) in [5.41, 5.74) is 0. The van der Waals surface area contributed by atoms with Crippen molar-refractivity contribution in [1.82, 2.24) is 15.6 Å². The lowest BCUT2D eigenvalue weighted by atomic mass is 10.3. The van der Waals surface area contributed by atoms with Gasteiger partial charge in [-0.2, -0.15) is 0 Å². The number of guanidine groups is 1. The molecule has 8 heteroatoms. The molecular formula is C15H22ClIN4S2. The number of aromatic nitrogens is 1. The number of nitrogens with zero attached hydrogens (tertiary/aromatic N) is 2. The van der Waals surface area contributed by atoms with Crippen molar-refractivity contribution in [3.05, 3.63) is 37.4 Å². The number of hydrogen-bond acceptors (Lipinski definition) is 4. The van der Waals surface area contributed by atoms with Crippen molar-refractivity contribution in [3.8, 4) is 0 Å². The first-order chi connectivity index (χ1) is 10.7. The van der Waals surface area contributed by atoms with Gasteiger partial charge in [0, 0.05) is 29.0 Å². The smallest absolute Gasteiger partial charge is 0.191 e. The van der Waals surface area contributed by atoms with Crippen molar-refractivity contribution in [2.24, 2.45) is 4.99 Å². The molecular weight excluding hydrogens is 463 g/mol. The Morgan fingerprint density at radius 3 is 2.65 bits per heavy atom. The Hall–Kier alpha value is -0.380. The summed E-state index contributed by atoms with van der Waals surface area (Å²) in [6.45, 7) is 6.50. The Bertz CT molecular complexity index is 612. The Balaban J connectivity index is 0.00000264. The Morgan fingerprint density at radius 2 is 2.04 bits per heavy atom. The molecule has 0 saturated heterocycles. The first kappa shape index (κ1) is 20.7. The average Bonchev–Trinajstić information content (AvgIpc) is 3.13. The van der Waals surface area contributed by atoms with E-state index in [9.17, 15) is 0 Å². The van der Waals surface area contributed by atoms with E-state index in [2.05, 4.69) is 40.5 Å². The van der Waals surface area contributed by atoms with Crippen LogP contribution >= 0.6 is 58.3 Å². The molecule has 0 aliphatic rings. The van der Waals surface area contributed by atoms with E-state index in [1.165, 1.54) is 9.75 Å². The SMILES string of the molecule is CCNC(=NCc1ncc(CC)s1)NCCc1ccc(Cl)s1.I. The maximum Gasteiger partial charge on any atom is 0.191 e. The average molecular weight is 485 g/mol. The fraction of sp³-hybridized carbons (Fsp3) is 0.467. The summed E-state index contributed by atoms with van der Waals surface area (Å²) in [5, 5.41) is 7.66. The van der Waals surface area contributed by atoms with Crippen molar-refractivity contribution in [3.63, 3.8) is 0 Å². The first-order valence-electron chi connectivity index (χ1n) is 7.41. The number of aryl methyl sites for hydroxylation is 1. The van der Waals surface area contributed by atoms with Crippen LogP contribution in [0.3, 0.4) is 0 Å². The van der Waals surface area contributed by atoms with Crippen LogP contribution in [-0.2, 0) is 19.4 Å². The van der Waals surface area contributed by atoms with Crippen LogP contribution in [0.15, 0.2) is 23.3 Å². The largest absolute Gasteiger partial charge is 0.357 e. The van der Waals surface area contributed by atoms with Crippen molar-refractivity contribution in [2.45, 2.75) is 33.2 Å². The number of thiophene rings is 1. The van der Waals surface area contributed by atoms with Crippen LogP contribution in [0.4, 0.5) is 0 Å². The van der Waals surface area contributed by atoms with Crippen molar-refractivity contribution in [1.29, 1.82) is 0 Å². The number of halogens is 2. The number of hydrogen-bond donors (Lipinski definition) is 2. The van der Waals surface area contributed by atoms with Gasteiger partial charge in [-0.05, 0) is 31.9 Å². The molecule has 0 saturated carbocycles. The van der Waals surface area contributed by atoms with Gasteiger partial charge in [-0.3, -0.25) is 0 Å². The molecule has 0 radical (unpaired) electrons. The van der Waals surface area contributed by atoms with Crippen LogP contribution in [0.25, 0.3) is 0 Å². The van der Waals surface area contributed by atoms with E-state index < -0.39 is 0 Å². The molecule has 4 nitrogen and oxygen atoms in total. The maximum atomic E-state index is 5.94. The van der Waals surface area contributed by atoms with E-state index in [0.29, 0.717) is 6.54 Å². The molecule has 0 aliphatic heterocycles. The lowest BCUT2D eigenvalue weighted by Gasteiger charge is -2.10. The third-order valence-corrected chi connectivity index (χ3v) is 5.38. The van der Waals surface area contributed by atoms with E-state index in [1.54, 1.807) is 22.7 Å². The molecule has 2 aromatic heterocycles. The monoisotopic (exact) mass is 484 g/mol. The predicted molar refractivity (Wildman–Crippen MR) is 113 cm³/mol. The van der Waals surface area contributed by atoms with E-state index in [-0.39, 0.29) is 24.0 Å². The number of thiazole rings is 1. The minimum atomic E-state index is 0.